The Morgan fingerprint density at radius 1 is 1.14 bits per heavy atom. The van der Waals surface area contributed by atoms with Crippen LogP contribution in [0.3, 0.4) is 0 Å². The normalized spacial score (nSPS) is 12.0. The van der Waals surface area contributed by atoms with Gasteiger partial charge in [-0.15, -0.1) is 6.58 Å². The largest absolute Gasteiger partial charge is 0.449 e. The number of benzene rings is 2. The Labute approximate surface area is 170 Å². The number of anilines is 1. The van der Waals surface area contributed by atoms with Gasteiger partial charge in [0.15, 0.2) is 6.10 Å². The third-order valence-corrected chi connectivity index (χ3v) is 5.61. The van der Waals surface area contributed by atoms with E-state index in [-0.39, 0.29) is 17.0 Å². The number of rotatable bonds is 8. The lowest BCUT2D eigenvalue weighted by Gasteiger charge is -2.14. The van der Waals surface area contributed by atoms with Gasteiger partial charge in [-0.2, -0.15) is 0 Å². The molecular formula is C21H24N2O5S. The van der Waals surface area contributed by atoms with Crippen LogP contribution in [0.1, 0.15) is 28.4 Å². The van der Waals surface area contributed by atoms with Crippen LogP contribution in [0.5, 0.6) is 0 Å². The first-order valence-corrected chi connectivity index (χ1v) is 10.4. The van der Waals surface area contributed by atoms with Crippen molar-refractivity contribution in [2.45, 2.75) is 31.8 Å². The van der Waals surface area contributed by atoms with E-state index in [1.807, 2.05) is 6.92 Å². The van der Waals surface area contributed by atoms with Crippen molar-refractivity contribution in [3.8, 4) is 0 Å². The van der Waals surface area contributed by atoms with Crippen LogP contribution in [0.2, 0.25) is 0 Å². The van der Waals surface area contributed by atoms with Crippen molar-refractivity contribution in [3.63, 3.8) is 0 Å². The Kier molecular flexibility index (Phi) is 7.17. The Morgan fingerprint density at radius 2 is 1.79 bits per heavy atom. The molecule has 1 amide bonds. The lowest BCUT2D eigenvalue weighted by atomic mass is 10.1. The number of nitrogens with one attached hydrogen (secondary N) is 2. The Bertz CT molecular complexity index is 1010. The molecule has 2 aromatic carbocycles. The molecule has 2 N–H and O–H groups in total. The molecule has 0 fully saturated rings. The predicted molar refractivity (Wildman–Crippen MR) is 111 cm³/mol. The summed E-state index contributed by atoms with van der Waals surface area (Å²) in [5, 5.41) is 2.52. The van der Waals surface area contributed by atoms with Crippen molar-refractivity contribution in [1.82, 2.24) is 5.32 Å². The zero-order valence-electron chi connectivity index (χ0n) is 16.6. The van der Waals surface area contributed by atoms with Crippen molar-refractivity contribution in [2.24, 2.45) is 0 Å². The minimum Gasteiger partial charge on any atom is -0.449 e. The van der Waals surface area contributed by atoms with E-state index in [1.54, 1.807) is 31.2 Å². The van der Waals surface area contributed by atoms with Gasteiger partial charge in [0.05, 0.1) is 10.5 Å². The Hall–Kier alpha value is -3.13. The zero-order valence-corrected chi connectivity index (χ0v) is 17.4. The van der Waals surface area contributed by atoms with Crippen molar-refractivity contribution in [2.75, 3.05) is 11.3 Å². The molecule has 0 heterocycles. The summed E-state index contributed by atoms with van der Waals surface area (Å²) >= 11 is 0. The molecule has 2 rings (SSSR count). The molecule has 0 saturated carbocycles. The molecule has 0 bridgehead atoms. The maximum Gasteiger partial charge on any atom is 0.338 e. The van der Waals surface area contributed by atoms with Gasteiger partial charge in [-0.05, 0) is 50.6 Å². The zero-order chi connectivity index (χ0) is 21.6. The van der Waals surface area contributed by atoms with Crippen LogP contribution < -0.4 is 10.0 Å². The second-order valence-corrected chi connectivity index (χ2v) is 8.18. The van der Waals surface area contributed by atoms with E-state index in [1.165, 1.54) is 31.2 Å². The van der Waals surface area contributed by atoms with Crippen LogP contribution >= 0.6 is 0 Å². The highest BCUT2D eigenvalue weighted by Crippen LogP contribution is 2.22. The fourth-order valence-corrected chi connectivity index (χ4v) is 3.78. The lowest BCUT2D eigenvalue weighted by molar-refractivity contribution is -0.128. The van der Waals surface area contributed by atoms with E-state index in [0.29, 0.717) is 11.3 Å². The maximum atomic E-state index is 12.8. The first-order valence-electron chi connectivity index (χ1n) is 8.94. The molecule has 1 unspecified atom stereocenters. The molecule has 29 heavy (non-hydrogen) atoms. The van der Waals surface area contributed by atoms with Crippen LogP contribution in [0.4, 0.5) is 5.69 Å². The number of aryl methyl sites for hydroxylation is 2. The van der Waals surface area contributed by atoms with E-state index >= 15 is 0 Å². The van der Waals surface area contributed by atoms with Gasteiger partial charge in [-0.3, -0.25) is 9.52 Å². The average molecular weight is 416 g/mol. The second kappa shape index (κ2) is 9.38. The fraction of sp³-hybridized carbons (Fsp3) is 0.238. The van der Waals surface area contributed by atoms with Gasteiger partial charge in [-0.1, -0.05) is 29.8 Å². The average Bonchev–Trinajstić information content (AvgIpc) is 2.67. The van der Waals surface area contributed by atoms with Gasteiger partial charge in [0.1, 0.15) is 0 Å². The molecule has 0 aliphatic carbocycles. The standard InChI is InChI=1S/C21H24N2O5S/c1-5-12-22-20(24)16(4)28-21(25)17-9-8-15(3)19(13-17)29(26,27)23-18-10-6-14(2)7-11-18/h5-11,13,16,23H,1,12H2,2-4H3,(H,22,24). The summed E-state index contributed by atoms with van der Waals surface area (Å²) in [4.78, 5) is 24.2. The van der Waals surface area contributed by atoms with Gasteiger partial charge in [0.2, 0.25) is 0 Å². The smallest absolute Gasteiger partial charge is 0.338 e. The van der Waals surface area contributed by atoms with Gasteiger partial charge >= 0.3 is 5.97 Å². The minimum atomic E-state index is -3.92. The minimum absolute atomic E-state index is 0.0308. The summed E-state index contributed by atoms with van der Waals surface area (Å²) in [6.45, 7) is 8.70. The molecule has 0 saturated heterocycles. The van der Waals surface area contributed by atoms with Crippen LogP contribution in [-0.2, 0) is 19.6 Å². The first kappa shape index (κ1) is 22.2. The number of esters is 1. The highest BCUT2D eigenvalue weighted by Gasteiger charge is 2.22. The summed E-state index contributed by atoms with van der Waals surface area (Å²) in [6, 6.07) is 11.1. The van der Waals surface area contributed by atoms with Crippen molar-refractivity contribution in [1.29, 1.82) is 0 Å². The molecule has 0 aliphatic rings. The van der Waals surface area contributed by atoms with Crippen LogP contribution in [0.15, 0.2) is 60.0 Å². The van der Waals surface area contributed by atoms with Gasteiger partial charge in [0, 0.05) is 12.2 Å². The van der Waals surface area contributed by atoms with E-state index < -0.39 is 28.0 Å². The molecule has 0 aliphatic heterocycles. The van der Waals surface area contributed by atoms with E-state index in [2.05, 4.69) is 16.6 Å². The summed E-state index contributed by atoms with van der Waals surface area (Å²) in [6.07, 6.45) is 0.472. The van der Waals surface area contributed by atoms with E-state index in [9.17, 15) is 18.0 Å². The number of amides is 1. The molecule has 7 nitrogen and oxygen atoms in total. The fourth-order valence-electron chi connectivity index (χ4n) is 2.45. The van der Waals surface area contributed by atoms with Gasteiger partial charge in [-0.25, -0.2) is 13.2 Å². The molecule has 1 atom stereocenters. The summed E-state index contributed by atoms with van der Waals surface area (Å²) in [5.74, 6) is -1.27. The Morgan fingerprint density at radius 3 is 2.41 bits per heavy atom. The molecule has 0 radical (unpaired) electrons. The second-order valence-electron chi connectivity index (χ2n) is 6.53. The van der Waals surface area contributed by atoms with Crippen molar-refractivity contribution < 1.29 is 22.7 Å². The van der Waals surface area contributed by atoms with Crippen LogP contribution in [-0.4, -0.2) is 32.9 Å². The summed E-state index contributed by atoms with van der Waals surface area (Å²) in [7, 11) is -3.92. The van der Waals surface area contributed by atoms with Crippen molar-refractivity contribution >= 4 is 27.6 Å². The number of sulfonamides is 1. The summed E-state index contributed by atoms with van der Waals surface area (Å²) < 4.78 is 33.2. The number of carbonyl (C=O) groups is 2. The monoisotopic (exact) mass is 416 g/mol. The predicted octanol–water partition coefficient (Wildman–Crippen LogP) is 2.95. The first-order chi connectivity index (χ1) is 13.6. The number of carbonyl (C=O) groups excluding carboxylic acids is 2. The molecule has 0 aromatic heterocycles. The topological polar surface area (TPSA) is 102 Å². The van der Waals surface area contributed by atoms with E-state index in [4.69, 9.17) is 4.74 Å². The number of hydrogen-bond donors (Lipinski definition) is 2. The molecule has 8 heteroatoms. The highest BCUT2D eigenvalue weighted by atomic mass is 32.2. The summed E-state index contributed by atoms with van der Waals surface area (Å²) in [5.41, 5.74) is 1.91. The quantitative estimate of drug-likeness (QED) is 0.509. The number of hydrogen-bond acceptors (Lipinski definition) is 5. The van der Waals surface area contributed by atoms with E-state index in [0.717, 1.165) is 5.56 Å². The highest BCUT2D eigenvalue weighted by molar-refractivity contribution is 7.92. The molecular weight excluding hydrogens is 392 g/mol. The van der Waals surface area contributed by atoms with Crippen molar-refractivity contribution in [3.05, 3.63) is 71.8 Å². The third kappa shape index (κ3) is 5.92. The van der Waals surface area contributed by atoms with Crippen LogP contribution in [0, 0.1) is 13.8 Å². The number of ether oxygens (including phenoxy) is 1. The third-order valence-electron chi connectivity index (χ3n) is 4.09. The molecule has 0 spiro atoms. The van der Waals surface area contributed by atoms with Gasteiger partial charge < -0.3 is 10.1 Å². The van der Waals surface area contributed by atoms with Gasteiger partial charge in [0.25, 0.3) is 15.9 Å². The molecule has 2 aromatic rings. The maximum absolute atomic E-state index is 12.8. The molecule has 154 valence electrons. The SMILES string of the molecule is C=CCNC(=O)C(C)OC(=O)c1ccc(C)c(S(=O)(=O)Nc2ccc(C)cc2)c1. The van der Waals surface area contributed by atoms with Crippen LogP contribution in [0.25, 0.3) is 0 Å². The lowest BCUT2D eigenvalue weighted by Crippen LogP contribution is -2.35. The Balaban J connectivity index is 2.22.